The maximum absolute atomic E-state index is 12.4. The molecule has 24 heavy (non-hydrogen) atoms. The lowest BCUT2D eigenvalue weighted by Crippen LogP contribution is -2.33. The van der Waals surface area contributed by atoms with Crippen LogP contribution in [0.4, 0.5) is 17.1 Å². The number of anilines is 3. The molecule has 2 aromatic rings. The molecule has 0 aromatic heterocycles. The van der Waals surface area contributed by atoms with Gasteiger partial charge in [0.2, 0.25) is 0 Å². The van der Waals surface area contributed by atoms with Crippen LogP contribution in [0.2, 0.25) is 0 Å². The van der Waals surface area contributed by atoms with E-state index in [2.05, 4.69) is 33.1 Å². The van der Waals surface area contributed by atoms with Crippen molar-refractivity contribution in [2.45, 2.75) is 19.8 Å². The van der Waals surface area contributed by atoms with Crippen LogP contribution in [0, 0.1) is 5.92 Å². The number of nitrogens with zero attached hydrogens (tertiary/aromatic N) is 1. The van der Waals surface area contributed by atoms with E-state index in [1.807, 2.05) is 36.4 Å². The highest BCUT2D eigenvalue weighted by atomic mass is 79.9. The number of nitrogen functional groups attached to an aromatic ring is 1. The molecule has 0 unspecified atom stereocenters. The summed E-state index contributed by atoms with van der Waals surface area (Å²) >= 11 is 3.40. The molecule has 0 saturated carbocycles. The first-order valence-electron chi connectivity index (χ1n) is 8.25. The minimum atomic E-state index is -0.151. The van der Waals surface area contributed by atoms with Crippen molar-refractivity contribution in [3.63, 3.8) is 0 Å². The van der Waals surface area contributed by atoms with Gasteiger partial charge in [-0.05, 0) is 65.0 Å². The molecule has 1 aliphatic rings. The molecule has 1 aliphatic heterocycles. The smallest absolute Gasteiger partial charge is 0.256 e. The van der Waals surface area contributed by atoms with Gasteiger partial charge in [0, 0.05) is 23.2 Å². The Morgan fingerprint density at radius 2 is 1.92 bits per heavy atom. The highest BCUT2D eigenvalue weighted by Gasteiger charge is 2.18. The first kappa shape index (κ1) is 16.8. The number of hydrogen-bond acceptors (Lipinski definition) is 3. The zero-order valence-corrected chi connectivity index (χ0v) is 15.3. The summed E-state index contributed by atoms with van der Waals surface area (Å²) in [5, 5.41) is 2.91. The summed E-state index contributed by atoms with van der Waals surface area (Å²) in [6.07, 6.45) is 2.39. The monoisotopic (exact) mass is 387 g/mol. The van der Waals surface area contributed by atoms with Gasteiger partial charge in [-0.25, -0.2) is 0 Å². The van der Waals surface area contributed by atoms with E-state index in [-0.39, 0.29) is 5.91 Å². The molecule has 1 fully saturated rings. The summed E-state index contributed by atoms with van der Waals surface area (Å²) in [4.78, 5) is 14.7. The third-order valence-electron chi connectivity index (χ3n) is 4.53. The lowest BCUT2D eigenvalue weighted by atomic mass is 9.98. The number of halogens is 1. The molecule has 1 heterocycles. The van der Waals surface area contributed by atoms with Crippen LogP contribution in [0.5, 0.6) is 0 Å². The summed E-state index contributed by atoms with van der Waals surface area (Å²) in [6.45, 7) is 4.36. The van der Waals surface area contributed by atoms with E-state index in [1.165, 1.54) is 12.8 Å². The molecule has 0 bridgehead atoms. The minimum absolute atomic E-state index is 0.151. The van der Waals surface area contributed by atoms with E-state index >= 15 is 0 Å². The number of nitrogens with one attached hydrogen (secondary N) is 1. The largest absolute Gasteiger partial charge is 0.397 e. The highest BCUT2D eigenvalue weighted by Crippen LogP contribution is 2.30. The molecule has 1 saturated heterocycles. The Labute approximate surface area is 151 Å². The van der Waals surface area contributed by atoms with Gasteiger partial charge >= 0.3 is 0 Å². The molecule has 0 atom stereocenters. The maximum Gasteiger partial charge on any atom is 0.256 e. The zero-order valence-electron chi connectivity index (χ0n) is 13.8. The average Bonchev–Trinajstić information content (AvgIpc) is 2.56. The van der Waals surface area contributed by atoms with Crippen molar-refractivity contribution in [2.75, 3.05) is 29.0 Å². The van der Waals surface area contributed by atoms with Crippen molar-refractivity contribution in [2.24, 2.45) is 5.92 Å². The van der Waals surface area contributed by atoms with Crippen LogP contribution in [-0.4, -0.2) is 19.0 Å². The van der Waals surface area contributed by atoms with E-state index in [4.69, 9.17) is 5.73 Å². The molecule has 126 valence electrons. The Morgan fingerprint density at radius 3 is 2.58 bits per heavy atom. The topological polar surface area (TPSA) is 58.4 Å². The molecule has 4 nitrogen and oxygen atoms in total. The van der Waals surface area contributed by atoms with Crippen LogP contribution >= 0.6 is 15.9 Å². The van der Waals surface area contributed by atoms with Crippen molar-refractivity contribution >= 4 is 38.9 Å². The molecular formula is C19H22BrN3O. The Morgan fingerprint density at radius 1 is 1.21 bits per heavy atom. The fourth-order valence-electron chi connectivity index (χ4n) is 3.01. The summed E-state index contributed by atoms with van der Waals surface area (Å²) < 4.78 is 0.773. The number of hydrogen-bond donors (Lipinski definition) is 2. The van der Waals surface area contributed by atoms with E-state index < -0.39 is 0 Å². The summed E-state index contributed by atoms with van der Waals surface area (Å²) in [5.74, 6) is 0.631. The van der Waals surface area contributed by atoms with Crippen molar-refractivity contribution in [1.82, 2.24) is 0 Å². The molecule has 0 spiro atoms. The SMILES string of the molecule is CC1CCN(c2ccc(NC(=O)c3ccccc3Br)cc2N)CC1. The van der Waals surface area contributed by atoms with Crippen LogP contribution < -0.4 is 16.0 Å². The van der Waals surface area contributed by atoms with E-state index in [9.17, 15) is 4.79 Å². The number of benzene rings is 2. The number of carbonyl (C=O) groups excluding carboxylic acids is 1. The van der Waals surface area contributed by atoms with Gasteiger partial charge < -0.3 is 16.0 Å². The predicted molar refractivity (Wildman–Crippen MR) is 104 cm³/mol. The van der Waals surface area contributed by atoms with E-state index in [0.717, 1.165) is 29.2 Å². The van der Waals surface area contributed by atoms with Gasteiger partial charge in [-0.15, -0.1) is 0 Å². The van der Waals surface area contributed by atoms with Crippen LogP contribution in [-0.2, 0) is 0 Å². The first-order valence-corrected chi connectivity index (χ1v) is 9.04. The normalized spacial score (nSPS) is 15.3. The quantitative estimate of drug-likeness (QED) is 0.761. The fraction of sp³-hybridized carbons (Fsp3) is 0.316. The Balaban J connectivity index is 1.73. The Kier molecular flexibility index (Phi) is 5.09. The first-order chi connectivity index (χ1) is 11.5. The van der Waals surface area contributed by atoms with E-state index in [1.54, 1.807) is 6.07 Å². The third-order valence-corrected chi connectivity index (χ3v) is 5.22. The van der Waals surface area contributed by atoms with Crippen LogP contribution in [0.25, 0.3) is 0 Å². The lowest BCUT2D eigenvalue weighted by Gasteiger charge is -2.33. The highest BCUT2D eigenvalue weighted by molar-refractivity contribution is 9.10. The minimum Gasteiger partial charge on any atom is -0.397 e. The second-order valence-corrected chi connectivity index (χ2v) is 7.23. The maximum atomic E-state index is 12.4. The Hall–Kier alpha value is -2.01. The van der Waals surface area contributed by atoms with Gasteiger partial charge in [-0.3, -0.25) is 4.79 Å². The number of carbonyl (C=O) groups is 1. The second-order valence-electron chi connectivity index (χ2n) is 6.38. The summed E-state index contributed by atoms with van der Waals surface area (Å²) in [7, 11) is 0. The number of piperidine rings is 1. The van der Waals surface area contributed by atoms with Crippen LogP contribution in [0.3, 0.4) is 0 Å². The molecule has 1 amide bonds. The molecule has 0 aliphatic carbocycles. The van der Waals surface area contributed by atoms with Gasteiger partial charge in [0.25, 0.3) is 5.91 Å². The molecule has 3 rings (SSSR count). The van der Waals surface area contributed by atoms with Gasteiger partial charge in [-0.1, -0.05) is 19.1 Å². The average molecular weight is 388 g/mol. The van der Waals surface area contributed by atoms with Gasteiger partial charge in [0.05, 0.1) is 16.9 Å². The van der Waals surface area contributed by atoms with Gasteiger partial charge in [0.15, 0.2) is 0 Å². The van der Waals surface area contributed by atoms with Crippen molar-refractivity contribution < 1.29 is 4.79 Å². The Bertz CT molecular complexity index is 739. The number of rotatable bonds is 3. The lowest BCUT2D eigenvalue weighted by molar-refractivity contribution is 0.102. The molecule has 5 heteroatoms. The molecular weight excluding hydrogens is 366 g/mol. The van der Waals surface area contributed by atoms with E-state index in [0.29, 0.717) is 16.9 Å². The molecule has 2 aromatic carbocycles. The van der Waals surface area contributed by atoms with Gasteiger partial charge in [-0.2, -0.15) is 0 Å². The van der Waals surface area contributed by atoms with Crippen LogP contribution in [0.15, 0.2) is 46.9 Å². The summed E-state index contributed by atoms with van der Waals surface area (Å²) in [6, 6.07) is 13.1. The second kappa shape index (κ2) is 7.26. The van der Waals surface area contributed by atoms with Crippen molar-refractivity contribution in [1.29, 1.82) is 0 Å². The van der Waals surface area contributed by atoms with Crippen molar-refractivity contribution in [3.05, 3.63) is 52.5 Å². The number of nitrogens with two attached hydrogens (primary N) is 1. The number of amides is 1. The third kappa shape index (κ3) is 3.73. The predicted octanol–water partition coefficient (Wildman–Crippen LogP) is 4.52. The summed E-state index contributed by atoms with van der Waals surface area (Å²) in [5.41, 5.74) is 9.30. The standard InChI is InChI=1S/C19H22BrN3O/c1-13-8-10-23(11-9-13)18-7-6-14(12-17(18)21)22-19(24)15-4-2-3-5-16(15)20/h2-7,12-13H,8-11,21H2,1H3,(H,22,24). The fourth-order valence-corrected chi connectivity index (χ4v) is 3.48. The molecule has 3 N–H and O–H groups in total. The van der Waals surface area contributed by atoms with Crippen LogP contribution in [0.1, 0.15) is 30.1 Å². The van der Waals surface area contributed by atoms with Crippen molar-refractivity contribution in [3.8, 4) is 0 Å². The van der Waals surface area contributed by atoms with Gasteiger partial charge in [0.1, 0.15) is 0 Å². The molecule has 0 radical (unpaired) electrons. The zero-order chi connectivity index (χ0) is 17.1.